The van der Waals surface area contributed by atoms with Gasteiger partial charge in [-0.15, -0.1) is 0 Å². The smallest absolute Gasteiger partial charge is 0.328 e. The van der Waals surface area contributed by atoms with Gasteiger partial charge in [0, 0.05) is 62.9 Å². The fraction of sp³-hybridized carbons (Fsp3) is 0.387. The molecule has 0 unspecified atom stereocenters. The minimum Gasteiger partial charge on any atom is -0.497 e. The highest BCUT2D eigenvalue weighted by molar-refractivity contribution is 5.96. The third kappa shape index (κ3) is 10.7. The van der Waals surface area contributed by atoms with Crippen LogP contribution >= 0.6 is 0 Å². The predicted molar refractivity (Wildman–Crippen MR) is 161 cm³/mol. The molecule has 12 nitrogen and oxygen atoms in total. The Morgan fingerprint density at radius 2 is 1.60 bits per heavy atom. The largest absolute Gasteiger partial charge is 0.497 e. The maximum absolute atomic E-state index is 12.9. The number of carboxylic acid groups (broad SMARTS) is 2. The average Bonchev–Trinajstić information content (AvgIpc) is 3.32. The van der Waals surface area contributed by atoms with E-state index in [1.54, 1.807) is 13.2 Å². The molecule has 0 saturated carbocycles. The molecule has 0 radical (unpaired) electrons. The SMILES string of the molecule is COc1cccc(C(=O)CCn2c(CN3CCN(CC(=O)NC(C)C)CC3)nc3ccccc32)c1.O=C(O)/C=C\C(=O)O. The lowest BCUT2D eigenvalue weighted by Crippen LogP contribution is -2.49. The van der Waals surface area contributed by atoms with Gasteiger partial charge in [0.05, 0.1) is 31.2 Å². The van der Waals surface area contributed by atoms with Crippen LogP contribution in [0.25, 0.3) is 11.0 Å². The quantitative estimate of drug-likeness (QED) is 0.211. The Morgan fingerprint density at radius 3 is 2.23 bits per heavy atom. The van der Waals surface area contributed by atoms with Gasteiger partial charge in [0.1, 0.15) is 11.6 Å². The number of aliphatic carboxylic acids is 2. The van der Waals surface area contributed by atoms with E-state index in [4.69, 9.17) is 19.9 Å². The van der Waals surface area contributed by atoms with Crippen LogP contribution < -0.4 is 10.1 Å². The van der Waals surface area contributed by atoms with Crippen LogP contribution in [0.5, 0.6) is 5.75 Å². The van der Waals surface area contributed by atoms with Crippen molar-refractivity contribution in [1.29, 1.82) is 0 Å². The number of methoxy groups -OCH3 is 1. The molecule has 12 heteroatoms. The third-order valence-electron chi connectivity index (χ3n) is 6.70. The van der Waals surface area contributed by atoms with E-state index in [0.29, 0.717) is 49.5 Å². The Hall–Kier alpha value is -4.55. The van der Waals surface area contributed by atoms with Crippen LogP contribution in [0.3, 0.4) is 0 Å². The van der Waals surface area contributed by atoms with Crippen molar-refractivity contribution in [2.24, 2.45) is 0 Å². The lowest BCUT2D eigenvalue weighted by atomic mass is 10.1. The number of rotatable bonds is 12. The van der Waals surface area contributed by atoms with Gasteiger partial charge < -0.3 is 24.8 Å². The van der Waals surface area contributed by atoms with Crippen molar-refractivity contribution in [1.82, 2.24) is 24.7 Å². The number of nitrogens with one attached hydrogen (secondary N) is 1. The number of amides is 1. The van der Waals surface area contributed by atoms with Gasteiger partial charge in [-0.3, -0.25) is 19.4 Å². The molecule has 2 aromatic carbocycles. The highest BCUT2D eigenvalue weighted by Crippen LogP contribution is 2.20. The zero-order chi connectivity index (χ0) is 31.4. The van der Waals surface area contributed by atoms with E-state index >= 15 is 0 Å². The average molecular weight is 594 g/mol. The fourth-order valence-electron chi connectivity index (χ4n) is 4.67. The zero-order valence-corrected chi connectivity index (χ0v) is 24.7. The van der Waals surface area contributed by atoms with Crippen LogP contribution in [-0.4, -0.2) is 99.1 Å². The van der Waals surface area contributed by atoms with Gasteiger partial charge in [0.25, 0.3) is 0 Å². The first-order valence-corrected chi connectivity index (χ1v) is 14.0. The van der Waals surface area contributed by atoms with Crippen LogP contribution in [0.4, 0.5) is 0 Å². The summed E-state index contributed by atoms with van der Waals surface area (Å²) in [5, 5.41) is 18.6. The molecule has 0 spiro atoms. The molecule has 1 aliphatic rings. The summed E-state index contributed by atoms with van der Waals surface area (Å²) < 4.78 is 7.44. The Bertz CT molecular complexity index is 1430. The van der Waals surface area contributed by atoms with Gasteiger partial charge >= 0.3 is 11.9 Å². The summed E-state index contributed by atoms with van der Waals surface area (Å²) in [7, 11) is 1.60. The van der Waals surface area contributed by atoms with Gasteiger partial charge in [-0.1, -0.05) is 24.3 Å². The number of aryl methyl sites for hydroxylation is 1. The summed E-state index contributed by atoms with van der Waals surface area (Å²) in [6.45, 7) is 9.13. The molecule has 1 fully saturated rings. The topological polar surface area (TPSA) is 154 Å². The van der Waals surface area contributed by atoms with Crippen LogP contribution in [0, 0.1) is 0 Å². The number of aromatic nitrogens is 2. The third-order valence-corrected chi connectivity index (χ3v) is 6.70. The molecule has 1 aromatic heterocycles. The van der Waals surface area contributed by atoms with Gasteiger partial charge in [-0.25, -0.2) is 14.6 Å². The minimum atomic E-state index is -1.26. The number of para-hydroxylation sites is 2. The highest BCUT2D eigenvalue weighted by Gasteiger charge is 2.22. The molecule has 230 valence electrons. The molecule has 1 amide bonds. The number of fused-ring (bicyclic) bond motifs is 1. The number of benzene rings is 2. The van der Waals surface area contributed by atoms with E-state index in [0.717, 1.165) is 43.0 Å². The molecule has 3 aromatic rings. The van der Waals surface area contributed by atoms with Gasteiger partial charge in [0.2, 0.25) is 5.91 Å². The van der Waals surface area contributed by atoms with E-state index < -0.39 is 11.9 Å². The van der Waals surface area contributed by atoms with Crippen molar-refractivity contribution < 1.29 is 34.1 Å². The Kier molecular flexibility index (Phi) is 12.4. The summed E-state index contributed by atoms with van der Waals surface area (Å²) in [4.78, 5) is 53.6. The molecule has 4 rings (SSSR count). The molecule has 0 aliphatic carbocycles. The number of ether oxygens (including phenoxy) is 1. The number of carbonyl (C=O) groups excluding carboxylic acids is 2. The van der Waals surface area contributed by atoms with E-state index in [-0.39, 0.29) is 17.7 Å². The molecule has 3 N–H and O–H groups in total. The number of hydrogen-bond acceptors (Lipinski definition) is 8. The monoisotopic (exact) mass is 593 g/mol. The van der Waals surface area contributed by atoms with E-state index in [1.165, 1.54) is 0 Å². The Morgan fingerprint density at radius 1 is 0.953 bits per heavy atom. The van der Waals surface area contributed by atoms with Gasteiger partial charge in [-0.05, 0) is 38.1 Å². The summed E-state index contributed by atoms with van der Waals surface area (Å²) in [6.07, 6.45) is 1.50. The first-order chi connectivity index (χ1) is 20.5. The lowest BCUT2D eigenvalue weighted by molar-refractivity contribution is -0.134. The highest BCUT2D eigenvalue weighted by atomic mass is 16.5. The van der Waals surface area contributed by atoms with Gasteiger partial charge in [-0.2, -0.15) is 0 Å². The fourth-order valence-corrected chi connectivity index (χ4v) is 4.67. The molecule has 1 aliphatic heterocycles. The Labute approximate surface area is 250 Å². The van der Waals surface area contributed by atoms with Crippen LogP contribution in [-0.2, 0) is 27.5 Å². The number of carboxylic acids is 2. The number of ketones is 1. The van der Waals surface area contributed by atoms with Crippen molar-refractivity contribution in [2.75, 3.05) is 39.8 Å². The Balaban J connectivity index is 0.000000557. The number of hydrogen-bond donors (Lipinski definition) is 3. The predicted octanol–water partition coefficient (Wildman–Crippen LogP) is 2.67. The molecule has 2 heterocycles. The molecular weight excluding hydrogens is 554 g/mol. The summed E-state index contributed by atoms with van der Waals surface area (Å²) in [6, 6.07) is 15.5. The standard InChI is InChI=1S/C27H35N5O3.C4H4O4/c1-20(2)28-27(34)19-31-15-13-30(14-16-31)18-26-29-23-9-4-5-10-24(23)32(26)12-11-25(33)21-7-6-8-22(17-21)35-3;5-3(6)1-2-4(7)8/h4-10,17,20H,11-16,18-19H2,1-3H3,(H,28,34);1-2H,(H,5,6)(H,7,8)/b;2-1-. The summed E-state index contributed by atoms with van der Waals surface area (Å²) in [5.41, 5.74) is 2.65. The summed E-state index contributed by atoms with van der Waals surface area (Å²) in [5.74, 6) is -0.697. The van der Waals surface area contributed by atoms with E-state index in [1.807, 2.05) is 50.2 Å². The van der Waals surface area contributed by atoms with Crippen LogP contribution in [0.2, 0.25) is 0 Å². The zero-order valence-electron chi connectivity index (χ0n) is 24.7. The minimum absolute atomic E-state index is 0.0796. The van der Waals surface area contributed by atoms with E-state index in [2.05, 4.69) is 25.8 Å². The second kappa shape index (κ2) is 16.2. The van der Waals surface area contributed by atoms with Crippen LogP contribution in [0.15, 0.2) is 60.7 Å². The lowest BCUT2D eigenvalue weighted by Gasteiger charge is -2.34. The first kappa shape index (κ1) is 33.0. The molecule has 0 bridgehead atoms. The molecule has 0 atom stereocenters. The maximum Gasteiger partial charge on any atom is 0.328 e. The van der Waals surface area contributed by atoms with Crippen molar-refractivity contribution in [2.45, 2.75) is 39.4 Å². The number of carbonyl (C=O) groups is 4. The maximum atomic E-state index is 12.9. The van der Waals surface area contributed by atoms with Crippen molar-refractivity contribution >= 4 is 34.7 Å². The number of Topliss-reactive ketones (excluding diaryl/α,β-unsaturated/α-hetero) is 1. The van der Waals surface area contributed by atoms with Gasteiger partial charge in [0.15, 0.2) is 5.78 Å². The summed E-state index contributed by atoms with van der Waals surface area (Å²) >= 11 is 0. The van der Waals surface area contributed by atoms with E-state index in [9.17, 15) is 19.2 Å². The molecule has 43 heavy (non-hydrogen) atoms. The van der Waals surface area contributed by atoms with Crippen molar-refractivity contribution in [3.05, 3.63) is 72.1 Å². The molecule has 1 saturated heterocycles. The second-order valence-electron chi connectivity index (χ2n) is 10.4. The number of nitrogens with zero attached hydrogens (tertiary/aromatic N) is 4. The number of imidazole rings is 1. The molecular formula is C31H39N5O7. The first-order valence-electron chi connectivity index (χ1n) is 14.0. The van der Waals surface area contributed by atoms with Crippen molar-refractivity contribution in [3.8, 4) is 5.75 Å². The van der Waals surface area contributed by atoms with Crippen molar-refractivity contribution in [3.63, 3.8) is 0 Å². The normalized spacial score (nSPS) is 14.0. The second-order valence-corrected chi connectivity index (χ2v) is 10.4. The number of piperazine rings is 1. The van der Waals surface area contributed by atoms with Crippen LogP contribution in [0.1, 0.15) is 36.5 Å².